The first-order valence-electron chi connectivity index (χ1n) is 9.10. The molecule has 0 atom stereocenters. The topological polar surface area (TPSA) is 38.0 Å². The first kappa shape index (κ1) is 17.6. The smallest absolute Gasteiger partial charge is 0.382 e. The van der Waals surface area contributed by atoms with Gasteiger partial charge in [0.25, 0.3) is 0 Å². The van der Waals surface area contributed by atoms with Gasteiger partial charge in [-0.3, -0.25) is 0 Å². The number of anilines is 1. The second-order valence-corrected chi connectivity index (χ2v) is 7.47. The Morgan fingerprint density at radius 3 is 1.96 bits per heavy atom. The van der Waals surface area contributed by atoms with Crippen molar-refractivity contribution in [1.82, 2.24) is 0 Å². The molecule has 0 heterocycles. The van der Waals surface area contributed by atoms with E-state index in [1.165, 1.54) is 5.56 Å². The number of nitrogens with one attached hydrogen (secondary N) is 1. The van der Waals surface area contributed by atoms with Gasteiger partial charge >= 0.3 is 6.18 Å². The van der Waals surface area contributed by atoms with E-state index >= 15 is 0 Å². The van der Waals surface area contributed by atoms with E-state index in [4.69, 9.17) is 5.73 Å². The molecule has 0 saturated heterocycles. The van der Waals surface area contributed by atoms with Gasteiger partial charge < -0.3 is 11.1 Å². The summed E-state index contributed by atoms with van der Waals surface area (Å²) in [6, 6.07) is 9.12. The van der Waals surface area contributed by atoms with Crippen molar-refractivity contribution in [1.29, 1.82) is 0 Å². The number of hydrogen-bond donors (Lipinski definition) is 2. The van der Waals surface area contributed by atoms with Crippen LogP contribution in [-0.4, -0.2) is 18.3 Å². The lowest BCUT2D eigenvalue weighted by Gasteiger charge is -2.30. The molecule has 0 unspecified atom stereocenters. The molecular weight excluding hydrogens is 313 g/mol. The summed E-state index contributed by atoms with van der Waals surface area (Å²) in [6.07, 6.45) is 2.11. The van der Waals surface area contributed by atoms with Crippen LogP contribution in [-0.2, 0) is 0 Å². The van der Waals surface area contributed by atoms with Gasteiger partial charge in [-0.1, -0.05) is 12.1 Å². The van der Waals surface area contributed by atoms with Gasteiger partial charge in [0.05, 0.1) is 5.92 Å². The first-order valence-corrected chi connectivity index (χ1v) is 9.10. The Labute approximate surface area is 142 Å². The van der Waals surface area contributed by atoms with Crippen LogP contribution in [0.2, 0.25) is 0 Å². The second kappa shape index (κ2) is 7.34. The third kappa shape index (κ3) is 4.44. The maximum atomic E-state index is 12.8. The van der Waals surface area contributed by atoms with E-state index in [1.54, 1.807) is 0 Å². The van der Waals surface area contributed by atoms with Crippen molar-refractivity contribution in [2.75, 3.05) is 5.32 Å². The van der Waals surface area contributed by atoms with E-state index in [1.807, 2.05) is 0 Å². The lowest BCUT2D eigenvalue weighted by atomic mass is 9.78. The van der Waals surface area contributed by atoms with E-state index in [0.717, 1.165) is 31.4 Å². The van der Waals surface area contributed by atoms with Crippen LogP contribution >= 0.6 is 0 Å². The summed E-state index contributed by atoms with van der Waals surface area (Å²) in [4.78, 5) is 0. The molecular formula is C19H27F3N2. The molecule has 2 nitrogen and oxygen atoms in total. The highest BCUT2D eigenvalue weighted by molar-refractivity contribution is 5.46. The fourth-order valence-electron chi connectivity index (χ4n) is 4.10. The van der Waals surface area contributed by atoms with E-state index < -0.39 is 12.1 Å². The molecule has 2 fully saturated rings. The summed E-state index contributed by atoms with van der Waals surface area (Å²) >= 11 is 0. The van der Waals surface area contributed by atoms with Crippen molar-refractivity contribution in [3.8, 4) is 0 Å². The number of nitrogens with two attached hydrogens (primary N) is 1. The van der Waals surface area contributed by atoms with Gasteiger partial charge in [0.2, 0.25) is 0 Å². The molecule has 2 saturated carbocycles. The zero-order valence-corrected chi connectivity index (χ0v) is 14.0. The van der Waals surface area contributed by atoms with Gasteiger partial charge in [0, 0.05) is 17.8 Å². The standard InChI is InChI=1S/C19H27F3N2/c20-19(21,22)15-5-1-13(2-6-15)14-3-9-17(10-4-14)24-18-11-7-16(23)8-12-18/h3-4,9-10,13,15-16,18,24H,1-2,5-8,11-12,23H2. The number of halogens is 3. The van der Waals surface area contributed by atoms with Crippen molar-refractivity contribution in [2.24, 2.45) is 11.7 Å². The molecule has 0 aromatic heterocycles. The monoisotopic (exact) mass is 340 g/mol. The van der Waals surface area contributed by atoms with Gasteiger partial charge in [-0.15, -0.1) is 0 Å². The zero-order chi connectivity index (χ0) is 17.2. The second-order valence-electron chi connectivity index (χ2n) is 7.47. The van der Waals surface area contributed by atoms with Crippen molar-refractivity contribution in [2.45, 2.75) is 75.5 Å². The molecule has 3 N–H and O–H groups in total. The van der Waals surface area contributed by atoms with Gasteiger partial charge in [-0.05, 0) is 75.0 Å². The van der Waals surface area contributed by atoms with Gasteiger partial charge in [0.15, 0.2) is 0 Å². The predicted molar refractivity (Wildman–Crippen MR) is 91.1 cm³/mol. The van der Waals surface area contributed by atoms with Crippen LogP contribution < -0.4 is 11.1 Å². The number of rotatable bonds is 3. The lowest BCUT2D eigenvalue weighted by Crippen LogP contribution is -2.32. The normalized spacial score (nSPS) is 31.7. The highest BCUT2D eigenvalue weighted by atomic mass is 19.4. The number of benzene rings is 1. The summed E-state index contributed by atoms with van der Waals surface area (Å²) in [5, 5.41) is 3.55. The Kier molecular flexibility index (Phi) is 5.38. The summed E-state index contributed by atoms with van der Waals surface area (Å²) in [6.45, 7) is 0. The Balaban J connectivity index is 1.52. The maximum absolute atomic E-state index is 12.8. The van der Waals surface area contributed by atoms with Gasteiger partial charge in [-0.2, -0.15) is 13.2 Å². The van der Waals surface area contributed by atoms with E-state index in [0.29, 0.717) is 24.9 Å². The average molecular weight is 340 g/mol. The van der Waals surface area contributed by atoms with Crippen molar-refractivity contribution < 1.29 is 13.2 Å². The van der Waals surface area contributed by atoms with Crippen LogP contribution in [0.3, 0.4) is 0 Å². The summed E-state index contributed by atoms with van der Waals surface area (Å²) in [5.41, 5.74) is 8.20. The molecule has 0 spiro atoms. The summed E-state index contributed by atoms with van der Waals surface area (Å²) < 4.78 is 38.3. The van der Waals surface area contributed by atoms with Crippen LogP contribution in [0.25, 0.3) is 0 Å². The van der Waals surface area contributed by atoms with Crippen LogP contribution in [0.5, 0.6) is 0 Å². The highest BCUT2D eigenvalue weighted by Gasteiger charge is 2.41. The maximum Gasteiger partial charge on any atom is 0.391 e. The average Bonchev–Trinajstić information content (AvgIpc) is 2.57. The Morgan fingerprint density at radius 1 is 0.833 bits per heavy atom. The van der Waals surface area contributed by atoms with Crippen molar-refractivity contribution in [3.05, 3.63) is 29.8 Å². The molecule has 1 aromatic rings. The Bertz CT molecular complexity index is 510. The summed E-state index contributed by atoms with van der Waals surface area (Å²) in [7, 11) is 0. The highest BCUT2D eigenvalue weighted by Crippen LogP contribution is 2.43. The fourth-order valence-corrected chi connectivity index (χ4v) is 4.10. The predicted octanol–water partition coefficient (Wildman–Crippen LogP) is 5.20. The third-order valence-corrected chi connectivity index (χ3v) is 5.71. The van der Waals surface area contributed by atoms with Gasteiger partial charge in [0.1, 0.15) is 0 Å². The van der Waals surface area contributed by atoms with Crippen LogP contribution in [0.15, 0.2) is 24.3 Å². The molecule has 2 aliphatic carbocycles. The van der Waals surface area contributed by atoms with Crippen molar-refractivity contribution >= 4 is 5.69 Å². The minimum atomic E-state index is -4.03. The van der Waals surface area contributed by atoms with Crippen LogP contribution in [0, 0.1) is 5.92 Å². The molecule has 1 aromatic carbocycles. The van der Waals surface area contributed by atoms with Crippen molar-refractivity contribution in [3.63, 3.8) is 0 Å². The van der Waals surface area contributed by atoms with Gasteiger partial charge in [-0.25, -0.2) is 0 Å². The SMILES string of the molecule is NC1CCC(Nc2ccc(C3CCC(C(F)(F)F)CC3)cc2)CC1. The molecule has 0 aliphatic heterocycles. The van der Waals surface area contributed by atoms with Crippen LogP contribution in [0.1, 0.15) is 62.8 Å². The number of alkyl halides is 3. The quantitative estimate of drug-likeness (QED) is 0.793. The number of hydrogen-bond acceptors (Lipinski definition) is 2. The minimum Gasteiger partial charge on any atom is -0.382 e. The van der Waals surface area contributed by atoms with E-state index in [9.17, 15) is 13.2 Å². The molecule has 0 amide bonds. The molecule has 2 aliphatic rings. The molecule has 24 heavy (non-hydrogen) atoms. The molecule has 3 rings (SSSR count). The Hall–Kier alpha value is -1.23. The fraction of sp³-hybridized carbons (Fsp3) is 0.684. The summed E-state index contributed by atoms with van der Waals surface area (Å²) in [5.74, 6) is -0.835. The lowest BCUT2D eigenvalue weighted by molar-refractivity contribution is -0.182. The van der Waals surface area contributed by atoms with E-state index in [-0.39, 0.29) is 18.8 Å². The first-order chi connectivity index (χ1) is 11.4. The Morgan fingerprint density at radius 2 is 1.42 bits per heavy atom. The minimum absolute atomic E-state index is 0.260. The third-order valence-electron chi connectivity index (χ3n) is 5.71. The molecule has 0 radical (unpaired) electrons. The van der Waals surface area contributed by atoms with Crippen LogP contribution in [0.4, 0.5) is 18.9 Å². The molecule has 134 valence electrons. The zero-order valence-electron chi connectivity index (χ0n) is 14.0. The molecule has 0 bridgehead atoms. The van der Waals surface area contributed by atoms with E-state index in [2.05, 4.69) is 29.6 Å². The largest absolute Gasteiger partial charge is 0.391 e. The molecule has 5 heteroatoms.